The average Bonchev–Trinajstić information content (AvgIpc) is 2.40. The molecule has 2 rings (SSSR count). The summed E-state index contributed by atoms with van der Waals surface area (Å²) < 4.78 is 33.1. The van der Waals surface area contributed by atoms with E-state index in [1.54, 1.807) is 0 Å². The van der Waals surface area contributed by atoms with Crippen LogP contribution in [0, 0.1) is 5.92 Å². The summed E-state index contributed by atoms with van der Waals surface area (Å²) in [5.74, 6) is -0.0313. The quantitative estimate of drug-likeness (QED) is 0.902. The van der Waals surface area contributed by atoms with Gasteiger partial charge in [-0.15, -0.1) is 0 Å². The Kier molecular flexibility index (Phi) is 5.66. The zero-order valence-corrected chi connectivity index (χ0v) is 14.0. The third-order valence-corrected chi connectivity index (χ3v) is 6.08. The maximum atomic E-state index is 12.5. The summed E-state index contributed by atoms with van der Waals surface area (Å²) >= 11 is 5.88. The van der Waals surface area contributed by atoms with E-state index in [4.69, 9.17) is 16.3 Å². The number of benzene rings is 1. The Hall–Kier alpha value is -0.620. The van der Waals surface area contributed by atoms with Crippen LogP contribution in [0.15, 0.2) is 24.3 Å². The molecule has 1 aliphatic rings. The monoisotopic (exact) mass is 331 g/mol. The van der Waals surface area contributed by atoms with E-state index >= 15 is 0 Å². The molecule has 0 unspecified atom stereocenters. The highest BCUT2D eigenvalue weighted by molar-refractivity contribution is 7.90. The fourth-order valence-electron chi connectivity index (χ4n) is 2.72. The van der Waals surface area contributed by atoms with Crippen molar-refractivity contribution in [2.24, 2.45) is 5.92 Å². The number of rotatable bonds is 5. The number of nitrogens with one attached hydrogen (secondary N) is 1. The predicted octanol–water partition coefficient (Wildman–Crippen LogP) is 2.62. The van der Waals surface area contributed by atoms with Crippen LogP contribution in [0.2, 0.25) is 5.02 Å². The van der Waals surface area contributed by atoms with E-state index < -0.39 is 15.3 Å². The molecule has 1 N–H and O–H groups in total. The molecular weight excluding hydrogens is 310 g/mol. The molecule has 0 aromatic heterocycles. The Balaban J connectivity index is 2.13. The first-order valence-electron chi connectivity index (χ1n) is 7.22. The number of ether oxygens (including phenoxy) is 1. The van der Waals surface area contributed by atoms with Crippen molar-refractivity contribution in [3.05, 3.63) is 34.9 Å². The normalized spacial score (nSPS) is 23.4. The topological polar surface area (TPSA) is 55.4 Å². The van der Waals surface area contributed by atoms with Crippen molar-refractivity contribution < 1.29 is 13.2 Å². The average molecular weight is 332 g/mol. The molecule has 0 amide bonds. The van der Waals surface area contributed by atoms with Gasteiger partial charge in [0.15, 0.2) is 0 Å². The summed E-state index contributed by atoms with van der Waals surface area (Å²) in [7, 11) is -3.32. The van der Waals surface area contributed by atoms with E-state index in [0.717, 1.165) is 5.56 Å². The molecule has 1 aromatic carbocycles. The molecule has 1 aromatic rings. The van der Waals surface area contributed by atoms with Crippen molar-refractivity contribution in [3.63, 3.8) is 0 Å². The van der Waals surface area contributed by atoms with Crippen molar-refractivity contribution in [2.75, 3.05) is 13.2 Å². The van der Waals surface area contributed by atoms with Crippen molar-refractivity contribution in [3.8, 4) is 0 Å². The van der Waals surface area contributed by atoms with Crippen molar-refractivity contribution in [2.45, 2.75) is 38.0 Å². The van der Waals surface area contributed by atoms with E-state index in [1.807, 2.05) is 38.1 Å². The van der Waals surface area contributed by atoms with Crippen LogP contribution in [0.4, 0.5) is 0 Å². The molecule has 1 heterocycles. The molecule has 1 saturated heterocycles. The summed E-state index contributed by atoms with van der Waals surface area (Å²) in [6.45, 7) is 4.66. The zero-order valence-electron chi connectivity index (χ0n) is 12.4. The van der Waals surface area contributed by atoms with Gasteiger partial charge in [0.2, 0.25) is 10.0 Å². The van der Waals surface area contributed by atoms with Gasteiger partial charge in [0.1, 0.15) is 0 Å². The Morgan fingerprint density at radius 3 is 2.62 bits per heavy atom. The molecule has 0 saturated carbocycles. The minimum absolute atomic E-state index is 0.0313. The van der Waals surface area contributed by atoms with Gasteiger partial charge in [0, 0.05) is 23.6 Å². The molecule has 6 heteroatoms. The second-order valence-corrected chi connectivity index (χ2v) is 8.18. The highest BCUT2D eigenvalue weighted by Gasteiger charge is 2.36. The smallest absolute Gasteiger partial charge is 0.215 e. The summed E-state index contributed by atoms with van der Waals surface area (Å²) in [4.78, 5) is 0. The number of hydrogen-bond acceptors (Lipinski definition) is 3. The summed E-state index contributed by atoms with van der Waals surface area (Å²) in [6.07, 6.45) is 1.22. The van der Waals surface area contributed by atoms with Crippen LogP contribution in [0.25, 0.3) is 0 Å². The maximum absolute atomic E-state index is 12.5. The van der Waals surface area contributed by atoms with Crippen molar-refractivity contribution >= 4 is 21.6 Å². The molecule has 0 spiro atoms. The first-order valence-corrected chi connectivity index (χ1v) is 9.14. The molecule has 21 heavy (non-hydrogen) atoms. The molecule has 4 nitrogen and oxygen atoms in total. The Morgan fingerprint density at radius 1 is 1.33 bits per heavy atom. The minimum atomic E-state index is -3.32. The summed E-state index contributed by atoms with van der Waals surface area (Å²) in [5, 5.41) is 0.286. The van der Waals surface area contributed by atoms with Gasteiger partial charge >= 0.3 is 0 Å². The highest BCUT2D eigenvalue weighted by atomic mass is 35.5. The first-order chi connectivity index (χ1) is 9.88. The number of halogens is 1. The fourth-order valence-corrected chi connectivity index (χ4v) is 4.76. The van der Waals surface area contributed by atoms with Gasteiger partial charge in [-0.3, -0.25) is 0 Å². The van der Waals surface area contributed by atoms with Gasteiger partial charge in [0.05, 0.1) is 11.9 Å². The van der Waals surface area contributed by atoms with Crippen LogP contribution in [0.1, 0.15) is 25.8 Å². The largest absolute Gasteiger partial charge is 0.381 e. The van der Waals surface area contributed by atoms with Gasteiger partial charge in [-0.2, -0.15) is 0 Å². The Labute approximate surface area is 131 Å². The van der Waals surface area contributed by atoms with Crippen LogP contribution in [0.5, 0.6) is 0 Å². The Bertz CT molecular complexity index is 557. The lowest BCUT2D eigenvalue weighted by atomic mass is 9.94. The Morgan fingerprint density at radius 2 is 2.00 bits per heavy atom. The van der Waals surface area contributed by atoms with Crippen LogP contribution in [0.3, 0.4) is 0 Å². The van der Waals surface area contributed by atoms with E-state index in [1.165, 1.54) is 0 Å². The predicted molar refractivity (Wildman–Crippen MR) is 85.1 cm³/mol. The highest BCUT2D eigenvalue weighted by Crippen LogP contribution is 2.26. The first kappa shape index (κ1) is 16.7. The SMILES string of the molecule is CC(C)NS(=O)(=O)[C@H]1CCOC[C@H]1Cc1ccc(Cl)cc1. The molecule has 1 fully saturated rings. The lowest BCUT2D eigenvalue weighted by Gasteiger charge is -2.32. The second-order valence-electron chi connectivity index (χ2n) is 5.81. The molecule has 118 valence electrons. The van der Waals surface area contributed by atoms with Gasteiger partial charge < -0.3 is 4.74 Å². The third-order valence-electron chi connectivity index (χ3n) is 3.61. The molecule has 1 aliphatic heterocycles. The molecule has 0 aliphatic carbocycles. The summed E-state index contributed by atoms with van der Waals surface area (Å²) in [6, 6.07) is 7.45. The van der Waals surface area contributed by atoms with Crippen LogP contribution in [-0.4, -0.2) is 32.9 Å². The van der Waals surface area contributed by atoms with Gasteiger partial charge in [-0.25, -0.2) is 13.1 Å². The number of sulfonamides is 1. The van der Waals surface area contributed by atoms with E-state index in [0.29, 0.717) is 31.1 Å². The van der Waals surface area contributed by atoms with Crippen LogP contribution < -0.4 is 4.72 Å². The molecule has 2 atom stereocenters. The fraction of sp³-hybridized carbons (Fsp3) is 0.600. The van der Waals surface area contributed by atoms with Crippen LogP contribution >= 0.6 is 11.6 Å². The third kappa shape index (κ3) is 4.68. The van der Waals surface area contributed by atoms with Crippen molar-refractivity contribution in [1.29, 1.82) is 0 Å². The van der Waals surface area contributed by atoms with E-state index in [2.05, 4.69) is 4.72 Å². The lowest BCUT2D eigenvalue weighted by Crippen LogP contribution is -2.46. The standard InChI is InChI=1S/C15H22ClNO3S/c1-11(2)17-21(18,19)15-7-8-20-10-13(15)9-12-3-5-14(16)6-4-12/h3-6,11,13,15,17H,7-10H2,1-2H3/t13-,15+/m1/s1. The second kappa shape index (κ2) is 7.09. The zero-order chi connectivity index (χ0) is 15.5. The maximum Gasteiger partial charge on any atom is 0.215 e. The van der Waals surface area contributed by atoms with Crippen molar-refractivity contribution in [1.82, 2.24) is 4.72 Å². The minimum Gasteiger partial charge on any atom is -0.381 e. The molecule has 0 radical (unpaired) electrons. The molecule has 0 bridgehead atoms. The lowest BCUT2D eigenvalue weighted by molar-refractivity contribution is 0.0569. The van der Waals surface area contributed by atoms with E-state index in [-0.39, 0.29) is 12.0 Å². The van der Waals surface area contributed by atoms with Gasteiger partial charge in [-0.1, -0.05) is 23.7 Å². The van der Waals surface area contributed by atoms with Gasteiger partial charge in [-0.05, 0) is 44.4 Å². The van der Waals surface area contributed by atoms with Gasteiger partial charge in [0.25, 0.3) is 0 Å². The number of hydrogen-bond donors (Lipinski definition) is 1. The molecular formula is C15H22ClNO3S. The van der Waals surface area contributed by atoms with Crippen LogP contribution in [-0.2, 0) is 21.2 Å². The van der Waals surface area contributed by atoms with E-state index in [9.17, 15) is 8.42 Å². The summed E-state index contributed by atoms with van der Waals surface area (Å²) in [5.41, 5.74) is 1.08.